The van der Waals surface area contributed by atoms with Crippen LogP contribution in [0.4, 0.5) is 11.4 Å². The number of aryl methyl sites for hydroxylation is 1. The number of amides is 1. The molecule has 0 saturated carbocycles. The van der Waals surface area contributed by atoms with Crippen LogP contribution >= 0.6 is 8.58 Å². The summed E-state index contributed by atoms with van der Waals surface area (Å²) < 4.78 is 2.27. The van der Waals surface area contributed by atoms with Gasteiger partial charge in [-0.05, 0) is 62.2 Å². The molecule has 2 aliphatic rings. The second-order valence-corrected chi connectivity index (χ2v) is 9.80. The topological polar surface area (TPSA) is 59.7 Å². The summed E-state index contributed by atoms with van der Waals surface area (Å²) in [7, 11) is 4.67. The summed E-state index contributed by atoms with van der Waals surface area (Å²) in [5.74, 6) is 0.125. The Labute approximate surface area is 191 Å². The van der Waals surface area contributed by atoms with Gasteiger partial charge in [-0.1, -0.05) is 12.1 Å². The van der Waals surface area contributed by atoms with Crippen molar-refractivity contribution in [1.82, 2.24) is 5.32 Å². The molecular weight excluding hydrogens is 417 g/mol. The molecule has 6 nitrogen and oxygen atoms in total. The Bertz CT molecular complexity index is 1130. The molecule has 0 saturated heterocycles. The summed E-state index contributed by atoms with van der Waals surface area (Å²) in [6.45, 7) is 7.32. The molecule has 3 unspecified atom stereocenters. The summed E-state index contributed by atoms with van der Waals surface area (Å²) in [6, 6.07) is 14.0. The largest absolute Gasteiger partial charge is 0.377 e. The van der Waals surface area contributed by atoms with E-state index < -0.39 is 0 Å². The average Bonchev–Trinajstić information content (AvgIpc) is 2.75. The lowest BCUT2D eigenvalue weighted by Gasteiger charge is -2.25. The lowest BCUT2D eigenvalue weighted by molar-refractivity contribution is -0.467. The average molecular weight is 449 g/mol. The summed E-state index contributed by atoms with van der Waals surface area (Å²) in [6.07, 6.45) is 4.13. The first-order valence-corrected chi connectivity index (χ1v) is 12.0. The minimum Gasteiger partial charge on any atom is -0.377 e. The van der Waals surface area contributed by atoms with E-state index in [9.17, 15) is 4.79 Å². The van der Waals surface area contributed by atoms with Gasteiger partial charge < -0.3 is 10.2 Å². The van der Waals surface area contributed by atoms with Gasteiger partial charge >= 0.3 is 0 Å². The van der Waals surface area contributed by atoms with Crippen molar-refractivity contribution >= 4 is 38.3 Å². The predicted molar refractivity (Wildman–Crippen MR) is 136 cm³/mol. The number of nitrogens with zero attached hydrogens (tertiary/aromatic N) is 3. The van der Waals surface area contributed by atoms with E-state index in [1.807, 2.05) is 68.5 Å². The van der Waals surface area contributed by atoms with E-state index in [2.05, 4.69) is 46.3 Å². The van der Waals surface area contributed by atoms with Gasteiger partial charge in [-0.15, -0.1) is 0 Å². The van der Waals surface area contributed by atoms with Crippen molar-refractivity contribution in [2.75, 3.05) is 30.9 Å². The summed E-state index contributed by atoms with van der Waals surface area (Å²) in [5.41, 5.74) is 7.24. The first-order chi connectivity index (χ1) is 15.4. The molecule has 2 aromatic carbocycles. The summed E-state index contributed by atoms with van der Waals surface area (Å²) in [4.78, 5) is 19.4. The Kier molecular flexibility index (Phi) is 6.54. The van der Waals surface area contributed by atoms with E-state index in [-0.39, 0.29) is 17.7 Å². The zero-order valence-electron chi connectivity index (χ0n) is 19.3. The standard InChI is InChI=1S/C25H30N5OP/c1-6-30-15-21-25(30)32-23(14-26-21)27-17(3)18-8-7-9-20(13-18)28-24(31)19-10-11-22(29(4)5)16(2)12-19/h7-15,17,23,27,32H,6H2,1-5H3/p+1. The molecule has 0 aromatic heterocycles. The highest BCUT2D eigenvalue weighted by Crippen LogP contribution is 2.38. The fraction of sp³-hybridized carbons (Fsp3) is 0.320. The molecule has 0 spiro atoms. The smallest absolute Gasteiger partial charge is 0.255 e. The lowest BCUT2D eigenvalue weighted by atomic mass is 10.1. The minimum absolute atomic E-state index is 0.0996. The Hall–Kier alpha value is -2.82. The second kappa shape index (κ2) is 9.35. The van der Waals surface area contributed by atoms with Gasteiger partial charge in [-0.25, -0.2) is 4.99 Å². The van der Waals surface area contributed by atoms with Crippen LogP contribution in [0.5, 0.6) is 0 Å². The van der Waals surface area contributed by atoms with E-state index >= 15 is 0 Å². The molecule has 0 fully saturated rings. The fourth-order valence-electron chi connectivity index (χ4n) is 4.03. The van der Waals surface area contributed by atoms with Gasteiger partial charge in [0.2, 0.25) is 11.7 Å². The number of hydrogen-bond donors (Lipinski definition) is 2. The van der Waals surface area contributed by atoms with E-state index in [0.29, 0.717) is 14.1 Å². The van der Waals surface area contributed by atoms with E-state index in [0.717, 1.165) is 34.7 Å². The van der Waals surface area contributed by atoms with Gasteiger partial charge in [0.15, 0.2) is 5.70 Å². The maximum Gasteiger partial charge on any atom is 0.255 e. The minimum atomic E-state index is -0.0996. The molecule has 166 valence electrons. The van der Waals surface area contributed by atoms with Gasteiger partial charge in [-0.2, -0.15) is 4.58 Å². The lowest BCUT2D eigenvalue weighted by Crippen LogP contribution is -2.34. The molecule has 1 amide bonds. The van der Waals surface area contributed by atoms with Crippen molar-refractivity contribution in [3.8, 4) is 0 Å². The first kappa shape index (κ1) is 22.4. The predicted octanol–water partition coefficient (Wildman–Crippen LogP) is 4.34. The van der Waals surface area contributed by atoms with Crippen molar-refractivity contribution in [3.63, 3.8) is 0 Å². The number of allylic oxidation sites excluding steroid dienone is 1. The molecule has 0 aliphatic carbocycles. The van der Waals surface area contributed by atoms with Crippen molar-refractivity contribution in [2.24, 2.45) is 4.99 Å². The summed E-state index contributed by atoms with van der Waals surface area (Å²) >= 11 is 0. The van der Waals surface area contributed by atoms with Crippen LogP contribution in [0.1, 0.15) is 41.4 Å². The Balaban J connectivity index is 1.40. The monoisotopic (exact) mass is 448 g/mol. The van der Waals surface area contributed by atoms with Crippen molar-refractivity contribution < 1.29 is 9.37 Å². The fourth-order valence-corrected chi connectivity index (χ4v) is 5.47. The third-order valence-corrected chi connectivity index (χ3v) is 7.26. The summed E-state index contributed by atoms with van der Waals surface area (Å²) in [5, 5.41) is 6.72. The Morgan fingerprint density at radius 1 is 1.25 bits per heavy atom. The van der Waals surface area contributed by atoms with Gasteiger partial charge in [0.1, 0.15) is 6.54 Å². The van der Waals surface area contributed by atoms with E-state index in [4.69, 9.17) is 0 Å². The molecule has 3 atom stereocenters. The highest BCUT2D eigenvalue weighted by atomic mass is 31.1. The number of nitrogens with one attached hydrogen (secondary N) is 2. The number of anilines is 2. The van der Waals surface area contributed by atoms with Crippen LogP contribution in [-0.4, -0.2) is 49.3 Å². The molecule has 2 aromatic rings. The van der Waals surface area contributed by atoms with Crippen LogP contribution in [-0.2, 0) is 0 Å². The molecule has 7 heteroatoms. The number of hydrogen-bond acceptors (Lipinski definition) is 4. The Morgan fingerprint density at radius 3 is 2.78 bits per heavy atom. The van der Waals surface area contributed by atoms with Crippen molar-refractivity contribution in [2.45, 2.75) is 32.6 Å². The number of carbonyl (C=O) groups is 1. The van der Waals surface area contributed by atoms with Crippen LogP contribution in [0.2, 0.25) is 0 Å². The zero-order chi connectivity index (χ0) is 22.8. The normalized spacial score (nSPS) is 18.7. The van der Waals surface area contributed by atoms with Gasteiger partial charge in [0.05, 0.1) is 5.78 Å². The van der Waals surface area contributed by atoms with Gasteiger partial charge in [-0.3, -0.25) is 10.1 Å². The SMILES string of the molecule is CC[N+]1=CC2=C1PC(NC(C)c1cccc(NC(=O)c3ccc(N(C)C)c(C)c3)c1)C=N2. The number of rotatable bonds is 7. The highest BCUT2D eigenvalue weighted by molar-refractivity contribution is 7.44. The maximum absolute atomic E-state index is 12.8. The van der Waals surface area contributed by atoms with E-state index in [1.165, 1.54) is 5.44 Å². The molecule has 2 N–H and O–H groups in total. The van der Waals surface area contributed by atoms with Crippen LogP contribution in [0.3, 0.4) is 0 Å². The quantitative estimate of drug-likeness (QED) is 0.489. The Morgan fingerprint density at radius 2 is 2.06 bits per heavy atom. The van der Waals surface area contributed by atoms with Crippen LogP contribution in [0.15, 0.2) is 58.6 Å². The second-order valence-electron chi connectivity index (χ2n) is 8.41. The van der Waals surface area contributed by atoms with Crippen LogP contribution in [0, 0.1) is 6.92 Å². The molecule has 4 rings (SSSR count). The van der Waals surface area contributed by atoms with Crippen molar-refractivity contribution in [1.29, 1.82) is 0 Å². The third kappa shape index (κ3) is 4.67. The molecule has 2 heterocycles. The van der Waals surface area contributed by atoms with Gasteiger partial charge in [0, 0.05) is 51.9 Å². The zero-order valence-corrected chi connectivity index (χ0v) is 20.3. The third-order valence-electron chi connectivity index (χ3n) is 5.82. The molecule has 0 radical (unpaired) electrons. The number of aliphatic imine (C=N–C) groups is 1. The molecular formula is C25H31N5OP+. The van der Waals surface area contributed by atoms with Crippen molar-refractivity contribution in [3.05, 3.63) is 70.3 Å². The molecule has 0 bridgehead atoms. The van der Waals surface area contributed by atoms with Gasteiger partial charge in [0.25, 0.3) is 5.91 Å². The molecule has 32 heavy (non-hydrogen) atoms. The maximum atomic E-state index is 12.8. The van der Waals surface area contributed by atoms with E-state index in [1.54, 1.807) is 0 Å². The van der Waals surface area contributed by atoms with Crippen LogP contribution < -0.4 is 15.5 Å². The number of benzene rings is 2. The highest BCUT2D eigenvalue weighted by Gasteiger charge is 2.33. The number of carbonyl (C=O) groups excluding carboxylic acids is 1. The van der Waals surface area contributed by atoms with Crippen LogP contribution in [0.25, 0.3) is 0 Å². The molecule has 2 aliphatic heterocycles. The first-order valence-electron chi connectivity index (χ1n) is 11.0.